The first-order chi connectivity index (χ1) is 8.28. The van der Waals surface area contributed by atoms with Gasteiger partial charge in [0, 0.05) is 31.6 Å². The van der Waals surface area contributed by atoms with Crippen LogP contribution in [0, 0.1) is 0 Å². The standard InChI is InChI=1S/C12H22N4O.HI/c1-2-13-12(15-9-4-3-5-9)16-10-6-7-11(17)14-8-10;/h9-10H,2-8H2,1H3,(H,14,17)(H2,13,15,16);1H. The maximum atomic E-state index is 11.1. The molecule has 5 nitrogen and oxygen atoms in total. The third kappa shape index (κ3) is 4.62. The lowest BCUT2D eigenvalue weighted by Crippen LogP contribution is -2.54. The average Bonchev–Trinajstić information content (AvgIpc) is 2.27. The number of guanidine groups is 1. The zero-order chi connectivity index (χ0) is 12.1. The Labute approximate surface area is 126 Å². The zero-order valence-electron chi connectivity index (χ0n) is 10.9. The summed E-state index contributed by atoms with van der Waals surface area (Å²) in [4.78, 5) is 15.5. The fourth-order valence-electron chi connectivity index (χ4n) is 2.09. The molecule has 104 valence electrons. The Morgan fingerprint density at radius 2 is 2.06 bits per heavy atom. The molecule has 1 saturated carbocycles. The highest BCUT2D eigenvalue weighted by molar-refractivity contribution is 14.0. The van der Waals surface area contributed by atoms with E-state index in [9.17, 15) is 4.79 Å². The second-order valence-corrected chi connectivity index (χ2v) is 4.78. The molecular formula is C12H23IN4O. The van der Waals surface area contributed by atoms with Gasteiger partial charge in [0.25, 0.3) is 0 Å². The minimum atomic E-state index is 0. The van der Waals surface area contributed by atoms with Crippen LogP contribution >= 0.6 is 24.0 Å². The van der Waals surface area contributed by atoms with Gasteiger partial charge in [-0.05, 0) is 32.6 Å². The molecule has 1 aliphatic carbocycles. The number of halogens is 1. The molecule has 0 aromatic carbocycles. The minimum Gasteiger partial charge on any atom is -0.354 e. The number of piperidine rings is 1. The van der Waals surface area contributed by atoms with Gasteiger partial charge in [-0.25, -0.2) is 0 Å². The predicted octanol–water partition coefficient (Wildman–Crippen LogP) is 0.991. The van der Waals surface area contributed by atoms with E-state index in [1.807, 2.05) is 6.92 Å². The Kier molecular flexibility index (Phi) is 6.73. The molecule has 1 saturated heterocycles. The second kappa shape index (κ2) is 7.81. The van der Waals surface area contributed by atoms with Crippen LogP contribution in [0.3, 0.4) is 0 Å². The molecular weight excluding hydrogens is 343 g/mol. The van der Waals surface area contributed by atoms with Crippen molar-refractivity contribution >= 4 is 35.8 Å². The van der Waals surface area contributed by atoms with Gasteiger partial charge < -0.3 is 16.0 Å². The molecule has 3 N–H and O–H groups in total. The fourth-order valence-corrected chi connectivity index (χ4v) is 2.09. The van der Waals surface area contributed by atoms with E-state index in [2.05, 4.69) is 20.9 Å². The lowest BCUT2D eigenvalue weighted by molar-refractivity contribution is -0.122. The summed E-state index contributed by atoms with van der Waals surface area (Å²) in [5, 5.41) is 9.72. The minimum absolute atomic E-state index is 0. The first-order valence-corrected chi connectivity index (χ1v) is 6.62. The molecule has 2 fully saturated rings. The number of hydrogen-bond acceptors (Lipinski definition) is 2. The summed E-state index contributed by atoms with van der Waals surface area (Å²) in [5.41, 5.74) is 0. The smallest absolute Gasteiger partial charge is 0.220 e. The van der Waals surface area contributed by atoms with E-state index in [4.69, 9.17) is 0 Å². The highest BCUT2D eigenvalue weighted by Crippen LogP contribution is 2.17. The van der Waals surface area contributed by atoms with E-state index in [1.54, 1.807) is 0 Å². The first-order valence-electron chi connectivity index (χ1n) is 6.62. The van der Waals surface area contributed by atoms with Gasteiger partial charge in [-0.1, -0.05) is 0 Å². The Morgan fingerprint density at radius 3 is 2.56 bits per heavy atom. The van der Waals surface area contributed by atoms with Gasteiger partial charge in [0.05, 0.1) is 0 Å². The van der Waals surface area contributed by atoms with Crippen LogP contribution in [0.5, 0.6) is 0 Å². The molecule has 0 aromatic rings. The summed E-state index contributed by atoms with van der Waals surface area (Å²) in [7, 11) is 0. The topological polar surface area (TPSA) is 65.5 Å². The largest absolute Gasteiger partial charge is 0.354 e. The third-order valence-corrected chi connectivity index (χ3v) is 3.37. The lowest BCUT2D eigenvalue weighted by Gasteiger charge is -2.31. The molecule has 1 heterocycles. The highest BCUT2D eigenvalue weighted by atomic mass is 127. The van der Waals surface area contributed by atoms with Crippen LogP contribution in [0.2, 0.25) is 0 Å². The third-order valence-electron chi connectivity index (χ3n) is 3.37. The van der Waals surface area contributed by atoms with Crippen LogP contribution in [0.1, 0.15) is 39.0 Å². The van der Waals surface area contributed by atoms with Crippen molar-refractivity contribution < 1.29 is 4.79 Å². The number of amides is 1. The van der Waals surface area contributed by atoms with Crippen LogP contribution in [-0.2, 0) is 4.79 Å². The molecule has 1 unspecified atom stereocenters. The van der Waals surface area contributed by atoms with Crippen molar-refractivity contribution in [3.8, 4) is 0 Å². The zero-order valence-corrected chi connectivity index (χ0v) is 13.2. The number of rotatable bonds is 3. The molecule has 2 rings (SSSR count). The van der Waals surface area contributed by atoms with Gasteiger partial charge in [-0.15, -0.1) is 24.0 Å². The number of nitrogens with zero attached hydrogens (tertiary/aromatic N) is 1. The molecule has 1 atom stereocenters. The monoisotopic (exact) mass is 366 g/mol. The van der Waals surface area contributed by atoms with Crippen molar-refractivity contribution in [3.63, 3.8) is 0 Å². The lowest BCUT2D eigenvalue weighted by atomic mass is 9.93. The van der Waals surface area contributed by atoms with Crippen LogP contribution in [-0.4, -0.2) is 37.0 Å². The average molecular weight is 366 g/mol. The summed E-state index contributed by atoms with van der Waals surface area (Å²) >= 11 is 0. The van der Waals surface area contributed by atoms with E-state index in [0.717, 1.165) is 18.9 Å². The molecule has 0 bridgehead atoms. The number of nitrogens with one attached hydrogen (secondary N) is 3. The van der Waals surface area contributed by atoms with Crippen molar-refractivity contribution in [2.24, 2.45) is 4.99 Å². The van der Waals surface area contributed by atoms with Gasteiger partial charge in [-0.2, -0.15) is 0 Å². The number of carbonyl (C=O) groups is 1. The Bertz CT molecular complexity index is 294. The van der Waals surface area contributed by atoms with Gasteiger partial charge >= 0.3 is 0 Å². The van der Waals surface area contributed by atoms with Crippen LogP contribution in [0.15, 0.2) is 4.99 Å². The molecule has 1 aliphatic heterocycles. The van der Waals surface area contributed by atoms with Gasteiger partial charge in [-0.3, -0.25) is 9.79 Å². The van der Waals surface area contributed by atoms with E-state index in [-0.39, 0.29) is 29.9 Å². The second-order valence-electron chi connectivity index (χ2n) is 4.78. The number of carbonyl (C=O) groups excluding carboxylic acids is 1. The molecule has 6 heteroatoms. The Hall–Kier alpha value is -0.530. The van der Waals surface area contributed by atoms with Gasteiger partial charge in [0.15, 0.2) is 5.96 Å². The van der Waals surface area contributed by atoms with E-state index in [0.29, 0.717) is 25.0 Å². The van der Waals surface area contributed by atoms with E-state index < -0.39 is 0 Å². The molecule has 0 radical (unpaired) electrons. The predicted molar refractivity (Wildman–Crippen MR) is 83.3 cm³/mol. The van der Waals surface area contributed by atoms with Crippen LogP contribution in [0.4, 0.5) is 0 Å². The van der Waals surface area contributed by atoms with E-state index in [1.165, 1.54) is 19.3 Å². The van der Waals surface area contributed by atoms with Crippen molar-refractivity contribution in [3.05, 3.63) is 0 Å². The van der Waals surface area contributed by atoms with Crippen molar-refractivity contribution in [2.45, 2.75) is 51.1 Å². The summed E-state index contributed by atoms with van der Waals surface area (Å²) in [6.07, 6.45) is 5.30. The van der Waals surface area contributed by atoms with Gasteiger partial charge in [0.2, 0.25) is 5.91 Å². The maximum absolute atomic E-state index is 11.1. The fraction of sp³-hybridized carbons (Fsp3) is 0.833. The summed E-state index contributed by atoms with van der Waals surface area (Å²) in [6, 6.07) is 0.900. The number of hydrogen-bond donors (Lipinski definition) is 3. The number of aliphatic imine (C=N–C) groups is 1. The van der Waals surface area contributed by atoms with E-state index >= 15 is 0 Å². The van der Waals surface area contributed by atoms with Crippen LogP contribution in [0.25, 0.3) is 0 Å². The van der Waals surface area contributed by atoms with Crippen molar-refractivity contribution in [1.82, 2.24) is 16.0 Å². The molecule has 0 spiro atoms. The SMILES string of the molecule is CCN=C(NC1CCC1)NC1CCC(=O)NC1.I. The Balaban J connectivity index is 0.00000162. The van der Waals surface area contributed by atoms with Gasteiger partial charge in [0.1, 0.15) is 0 Å². The van der Waals surface area contributed by atoms with Crippen LogP contribution < -0.4 is 16.0 Å². The Morgan fingerprint density at radius 1 is 1.33 bits per heavy atom. The van der Waals surface area contributed by atoms with Crippen molar-refractivity contribution in [1.29, 1.82) is 0 Å². The molecule has 0 aromatic heterocycles. The van der Waals surface area contributed by atoms with Crippen molar-refractivity contribution in [2.75, 3.05) is 13.1 Å². The first kappa shape index (κ1) is 15.5. The quantitative estimate of drug-likeness (QED) is 0.397. The highest BCUT2D eigenvalue weighted by Gasteiger charge is 2.22. The molecule has 18 heavy (non-hydrogen) atoms. The normalized spacial score (nSPS) is 24.6. The maximum Gasteiger partial charge on any atom is 0.220 e. The molecule has 1 amide bonds. The summed E-state index contributed by atoms with van der Waals surface area (Å²) < 4.78 is 0. The molecule has 2 aliphatic rings. The summed E-state index contributed by atoms with van der Waals surface area (Å²) in [6.45, 7) is 3.52. The summed E-state index contributed by atoms with van der Waals surface area (Å²) in [5.74, 6) is 1.06.